The number of allylic oxidation sites excluding steroid dienone is 1. The predicted molar refractivity (Wildman–Crippen MR) is 58.9 cm³/mol. The molecule has 1 nitrogen and oxygen atoms in total. The number of hydrogen-bond acceptors (Lipinski definition) is 1. The van der Waals surface area contributed by atoms with Crippen LogP contribution < -0.4 is 5.32 Å². The Morgan fingerprint density at radius 2 is 1.92 bits per heavy atom. The second-order valence-electron chi connectivity index (χ2n) is 4.20. The summed E-state index contributed by atoms with van der Waals surface area (Å²) in [5.41, 5.74) is 0.489. The van der Waals surface area contributed by atoms with Gasteiger partial charge in [-0.15, -0.1) is 0 Å². The molecule has 0 unspecified atom stereocenters. The maximum absolute atomic E-state index is 3.49. The number of nitrogens with one attached hydrogen (secondary N) is 1. The van der Waals surface area contributed by atoms with Gasteiger partial charge in [-0.05, 0) is 26.3 Å². The van der Waals surface area contributed by atoms with E-state index in [0.29, 0.717) is 5.41 Å². The monoisotopic (exact) mass is 181 g/mol. The third-order valence-electron chi connectivity index (χ3n) is 3.10. The molecule has 13 heavy (non-hydrogen) atoms. The van der Waals surface area contributed by atoms with E-state index in [2.05, 4.69) is 31.3 Å². The Balaban J connectivity index is 2.50. The highest BCUT2D eigenvalue weighted by Gasteiger charge is 2.28. The fraction of sp³-hybridized carbons (Fsp3) is 0.833. The molecule has 1 heteroatoms. The van der Waals surface area contributed by atoms with E-state index >= 15 is 0 Å². The molecular formula is C12H23N. The van der Waals surface area contributed by atoms with E-state index < -0.39 is 0 Å². The maximum atomic E-state index is 3.49. The van der Waals surface area contributed by atoms with Gasteiger partial charge in [0.25, 0.3) is 0 Å². The molecular weight excluding hydrogens is 158 g/mol. The summed E-state index contributed by atoms with van der Waals surface area (Å²) in [5.74, 6) is 0. The molecule has 0 aromatic carbocycles. The van der Waals surface area contributed by atoms with E-state index in [1.54, 1.807) is 0 Å². The molecule has 1 N–H and O–H groups in total. The summed E-state index contributed by atoms with van der Waals surface area (Å²) in [5, 5.41) is 3.49. The van der Waals surface area contributed by atoms with Crippen LogP contribution in [0.1, 0.15) is 46.0 Å². The second kappa shape index (κ2) is 5.43. The zero-order chi connectivity index (χ0) is 9.57. The molecule has 0 amide bonds. The van der Waals surface area contributed by atoms with Gasteiger partial charge in [-0.3, -0.25) is 0 Å². The normalized spacial score (nSPS) is 22.3. The van der Waals surface area contributed by atoms with Crippen LogP contribution in [0, 0.1) is 5.41 Å². The van der Waals surface area contributed by atoms with Crippen LogP contribution >= 0.6 is 0 Å². The summed E-state index contributed by atoms with van der Waals surface area (Å²) < 4.78 is 0. The standard InChI is InChI=1S/C12H23N/c1-3-8-12(11-13-4-2)9-6-5-7-10-12/h3,8,13H,4-7,9-11H2,1-2H3/b8-3+. The minimum Gasteiger partial charge on any atom is -0.316 e. The second-order valence-corrected chi connectivity index (χ2v) is 4.20. The molecule has 1 fully saturated rings. The first-order valence-corrected chi connectivity index (χ1v) is 5.67. The first-order valence-electron chi connectivity index (χ1n) is 5.67. The summed E-state index contributed by atoms with van der Waals surface area (Å²) in [6, 6.07) is 0. The average Bonchev–Trinajstić information content (AvgIpc) is 2.17. The van der Waals surface area contributed by atoms with Gasteiger partial charge in [0.1, 0.15) is 0 Å². The zero-order valence-corrected chi connectivity index (χ0v) is 9.10. The smallest absolute Gasteiger partial charge is 0.00424 e. The molecule has 0 aromatic rings. The minimum atomic E-state index is 0.489. The van der Waals surface area contributed by atoms with E-state index in [4.69, 9.17) is 0 Å². The topological polar surface area (TPSA) is 12.0 Å². The van der Waals surface area contributed by atoms with Gasteiger partial charge in [-0.1, -0.05) is 38.3 Å². The van der Waals surface area contributed by atoms with Crippen LogP contribution in [-0.2, 0) is 0 Å². The highest BCUT2D eigenvalue weighted by molar-refractivity contribution is 5.01. The van der Waals surface area contributed by atoms with Crippen molar-refractivity contribution in [1.82, 2.24) is 5.32 Å². The van der Waals surface area contributed by atoms with Gasteiger partial charge in [0, 0.05) is 12.0 Å². The molecule has 0 aliphatic heterocycles. The molecule has 0 atom stereocenters. The van der Waals surface area contributed by atoms with Crippen LogP contribution in [-0.4, -0.2) is 13.1 Å². The lowest BCUT2D eigenvalue weighted by atomic mass is 9.74. The van der Waals surface area contributed by atoms with Gasteiger partial charge < -0.3 is 5.32 Å². The number of hydrogen-bond donors (Lipinski definition) is 1. The lowest BCUT2D eigenvalue weighted by molar-refractivity contribution is 0.248. The van der Waals surface area contributed by atoms with Crippen LogP contribution in [0.2, 0.25) is 0 Å². The minimum absolute atomic E-state index is 0.489. The number of rotatable bonds is 4. The Morgan fingerprint density at radius 1 is 1.23 bits per heavy atom. The lowest BCUT2D eigenvalue weighted by Crippen LogP contribution is -2.34. The summed E-state index contributed by atoms with van der Waals surface area (Å²) in [6.45, 7) is 6.60. The molecule has 1 rings (SSSR count). The Hall–Kier alpha value is -0.300. The van der Waals surface area contributed by atoms with Gasteiger partial charge in [-0.2, -0.15) is 0 Å². The summed E-state index contributed by atoms with van der Waals surface area (Å²) in [7, 11) is 0. The van der Waals surface area contributed by atoms with Crippen LogP contribution in [0.25, 0.3) is 0 Å². The van der Waals surface area contributed by atoms with E-state index in [-0.39, 0.29) is 0 Å². The van der Waals surface area contributed by atoms with Gasteiger partial charge in [0.2, 0.25) is 0 Å². The van der Waals surface area contributed by atoms with Crippen molar-refractivity contribution < 1.29 is 0 Å². The van der Waals surface area contributed by atoms with Crippen molar-refractivity contribution >= 4 is 0 Å². The van der Waals surface area contributed by atoms with Crippen LogP contribution in [0.3, 0.4) is 0 Å². The fourth-order valence-electron chi connectivity index (χ4n) is 2.39. The molecule has 0 spiro atoms. The molecule has 1 saturated carbocycles. The van der Waals surface area contributed by atoms with Crippen molar-refractivity contribution in [2.45, 2.75) is 46.0 Å². The highest BCUT2D eigenvalue weighted by Crippen LogP contribution is 2.36. The predicted octanol–water partition coefficient (Wildman–Crippen LogP) is 3.12. The van der Waals surface area contributed by atoms with E-state index in [1.165, 1.54) is 38.6 Å². The molecule has 1 aliphatic carbocycles. The van der Waals surface area contributed by atoms with Gasteiger partial charge in [-0.25, -0.2) is 0 Å². The molecule has 1 aliphatic rings. The van der Waals surface area contributed by atoms with Crippen LogP contribution in [0.4, 0.5) is 0 Å². The zero-order valence-electron chi connectivity index (χ0n) is 9.10. The van der Waals surface area contributed by atoms with Crippen molar-refractivity contribution in [2.75, 3.05) is 13.1 Å². The van der Waals surface area contributed by atoms with Gasteiger partial charge >= 0.3 is 0 Å². The van der Waals surface area contributed by atoms with Crippen molar-refractivity contribution in [3.8, 4) is 0 Å². The molecule has 0 aromatic heterocycles. The van der Waals surface area contributed by atoms with E-state index in [9.17, 15) is 0 Å². The molecule has 0 heterocycles. The summed E-state index contributed by atoms with van der Waals surface area (Å²) in [6.07, 6.45) is 11.7. The van der Waals surface area contributed by atoms with Crippen LogP contribution in [0.15, 0.2) is 12.2 Å². The van der Waals surface area contributed by atoms with Crippen molar-refractivity contribution in [3.63, 3.8) is 0 Å². The summed E-state index contributed by atoms with van der Waals surface area (Å²) in [4.78, 5) is 0. The molecule has 0 radical (unpaired) electrons. The van der Waals surface area contributed by atoms with E-state index in [1.807, 2.05) is 0 Å². The average molecular weight is 181 g/mol. The first-order chi connectivity index (χ1) is 6.33. The van der Waals surface area contributed by atoms with Gasteiger partial charge in [0.05, 0.1) is 0 Å². The summed E-state index contributed by atoms with van der Waals surface area (Å²) >= 11 is 0. The van der Waals surface area contributed by atoms with E-state index in [0.717, 1.165) is 6.54 Å². The Labute approximate surface area is 82.6 Å². The molecule has 0 saturated heterocycles. The third-order valence-corrected chi connectivity index (χ3v) is 3.10. The Kier molecular flexibility index (Phi) is 4.51. The highest BCUT2D eigenvalue weighted by atomic mass is 14.9. The Bertz CT molecular complexity index is 155. The van der Waals surface area contributed by atoms with Gasteiger partial charge in [0.15, 0.2) is 0 Å². The largest absolute Gasteiger partial charge is 0.316 e. The first kappa shape index (κ1) is 10.8. The fourth-order valence-corrected chi connectivity index (χ4v) is 2.39. The maximum Gasteiger partial charge on any atom is 0.00424 e. The Morgan fingerprint density at radius 3 is 2.46 bits per heavy atom. The van der Waals surface area contributed by atoms with Crippen molar-refractivity contribution in [3.05, 3.63) is 12.2 Å². The lowest BCUT2D eigenvalue weighted by Gasteiger charge is -2.34. The van der Waals surface area contributed by atoms with Crippen molar-refractivity contribution in [2.24, 2.45) is 5.41 Å². The van der Waals surface area contributed by atoms with Crippen LogP contribution in [0.5, 0.6) is 0 Å². The SMILES string of the molecule is C/C=C/C1(CNCC)CCCCC1. The quantitative estimate of drug-likeness (QED) is 0.657. The third kappa shape index (κ3) is 3.15. The molecule has 0 bridgehead atoms. The van der Waals surface area contributed by atoms with Crippen molar-refractivity contribution in [1.29, 1.82) is 0 Å². The molecule has 76 valence electrons.